The summed E-state index contributed by atoms with van der Waals surface area (Å²) in [5.41, 5.74) is 1.58. The Hall–Kier alpha value is -2.51. The quantitative estimate of drug-likeness (QED) is 0.420. The van der Waals surface area contributed by atoms with Crippen LogP contribution in [0.3, 0.4) is 0 Å². The molecular weight excluding hydrogens is 380 g/mol. The molecule has 150 valence electrons. The largest absolute Gasteiger partial charge is 0.492 e. The number of nitrogens with one attached hydrogen (secondary N) is 1. The van der Waals surface area contributed by atoms with Crippen molar-refractivity contribution in [3.05, 3.63) is 57.6 Å². The van der Waals surface area contributed by atoms with E-state index in [2.05, 4.69) is 29.4 Å². The summed E-state index contributed by atoms with van der Waals surface area (Å²) in [5.74, 6) is 0.710. The van der Waals surface area contributed by atoms with Crippen molar-refractivity contribution < 1.29 is 15.0 Å². The van der Waals surface area contributed by atoms with E-state index in [1.165, 1.54) is 0 Å². The number of ether oxygens (including phenoxy) is 1. The fourth-order valence-electron chi connectivity index (χ4n) is 3.57. The SMILES string of the molecule is C[C@@H]1CN(c2ccc([N+](=O)[O-])c(NCCOc3ccc(Cl)cc3)c2)C[C@@H](C)[NH2+]1. The molecule has 1 aliphatic heterocycles. The maximum absolute atomic E-state index is 11.4. The molecule has 0 spiro atoms. The molecule has 28 heavy (non-hydrogen) atoms. The fraction of sp³-hybridized carbons (Fsp3) is 0.400. The third-order valence-corrected chi connectivity index (χ3v) is 4.97. The Balaban J connectivity index is 1.66. The first kappa shape index (κ1) is 20.2. The van der Waals surface area contributed by atoms with Gasteiger partial charge in [-0.3, -0.25) is 10.1 Å². The van der Waals surface area contributed by atoms with Crippen molar-refractivity contribution >= 4 is 28.7 Å². The zero-order chi connectivity index (χ0) is 20.1. The molecule has 2 aromatic rings. The van der Waals surface area contributed by atoms with Gasteiger partial charge in [-0.15, -0.1) is 0 Å². The number of nitro groups is 1. The van der Waals surface area contributed by atoms with Crippen LogP contribution >= 0.6 is 11.6 Å². The Morgan fingerprint density at radius 3 is 2.54 bits per heavy atom. The molecule has 0 amide bonds. The number of piperazine rings is 1. The molecule has 3 N–H and O–H groups in total. The zero-order valence-electron chi connectivity index (χ0n) is 16.1. The molecule has 7 nitrogen and oxygen atoms in total. The minimum Gasteiger partial charge on any atom is -0.492 e. The van der Waals surface area contributed by atoms with Crippen LogP contribution in [0, 0.1) is 10.1 Å². The van der Waals surface area contributed by atoms with Crippen LogP contribution in [0.1, 0.15) is 13.8 Å². The standard InChI is InChI=1S/C20H25ClN4O3/c1-14-12-24(13-15(2)23-14)17-5-8-20(25(26)27)19(11-17)22-9-10-28-18-6-3-16(21)4-7-18/h3-8,11,14-15,22-23H,9-10,12-13H2,1-2H3/p+1/t14-,15-/m1/s1. The Labute approximate surface area is 169 Å². The van der Waals surface area contributed by atoms with Gasteiger partial charge in [0.15, 0.2) is 0 Å². The minimum atomic E-state index is -0.360. The highest BCUT2D eigenvalue weighted by Gasteiger charge is 2.26. The zero-order valence-corrected chi connectivity index (χ0v) is 16.9. The van der Waals surface area contributed by atoms with Crippen molar-refractivity contribution in [3.63, 3.8) is 0 Å². The molecule has 0 aromatic heterocycles. The third-order valence-electron chi connectivity index (χ3n) is 4.72. The Morgan fingerprint density at radius 2 is 1.89 bits per heavy atom. The third kappa shape index (κ3) is 5.27. The number of anilines is 2. The van der Waals surface area contributed by atoms with Gasteiger partial charge >= 0.3 is 0 Å². The molecule has 3 rings (SSSR count). The van der Waals surface area contributed by atoms with Gasteiger partial charge in [0.1, 0.15) is 30.1 Å². The van der Waals surface area contributed by atoms with Gasteiger partial charge in [0, 0.05) is 23.3 Å². The lowest BCUT2D eigenvalue weighted by atomic mass is 10.1. The Bertz CT molecular complexity index is 806. The van der Waals surface area contributed by atoms with E-state index in [0.29, 0.717) is 41.7 Å². The van der Waals surface area contributed by atoms with E-state index < -0.39 is 0 Å². The van der Waals surface area contributed by atoms with E-state index >= 15 is 0 Å². The van der Waals surface area contributed by atoms with Crippen LogP contribution in [-0.2, 0) is 0 Å². The molecule has 1 heterocycles. The topological polar surface area (TPSA) is 84.2 Å². The first-order valence-electron chi connectivity index (χ1n) is 9.43. The average molecular weight is 406 g/mol. The number of nitrogens with two attached hydrogens (primary N) is 1. The lowest BCUT2D eigenvalue weighted by Crippen LogP contribution is -2.99. The van der Waals surface area contributed by atoms with Crippen LogP contribution in [0.15, 0.2) is 42.5 Å². The summed E-state index contributed by atoms with van der Waals surface area (Å²) < 4.78 is 5.65. The number of quaternary nitrogens is 1. The summed E-state index contributed by atoms with van der Waals surface area (Å²) >= 11 is 5.86. The summed E-state index contributed by atoms with van der Waals surface area (Å²) in [5, 5.41) is 17.6. The normalized spacial score (nSPS) is 19.3. The minimum absolute atomic E-state index is 0.0694. The Kier molecular flexibility index (Phi) is 6.59. The lowest BCUT2D eigenvalue weighted by molar-refractivity contribution is -0.716. The van der Waals surface area contributed by atoms with Gasteiger partial charge in [-0.1, -0.05) is 11.6 Å². The van der Waals surface area contributed by atoms with Crippen LogP contribution in [0.5, 0.6) is 5.75 Å². The van der Waals surface area contributed by atoms with Crippen molar-refractivity contribution in [3.8, 4) is 5.75 Å². The predicted octanol–water partition coefficient (Wildman–Crippen LogP) is 2.90. The maximum atomic E-state index is 11.4. The van der Waals surface area contributed by atoms with Gasteiger partial charge in [-0.2, -0.15) is 0 Å². The predicted molar refractivity (Wildman–Crippen MR) is 112 cm³/mol. The number of nitro benzene ring substituents is 1. The number of nitrogens with zero attached hydrogens (tertiary/aromatic N) is 2. The highest BCUT2D eigenvalue weighted by molar-refractivity contribution is 6.30. The van der Waals surface area contributed by atoms with Crippen molar-refractivity contribution in [2.45, 2.75) is 25.9 Å². The van der Waals surface area contributed by atoms with E-state index in [4.69, 9.17) is 16.3 Å². The van der Waals surface area contributed by atoms with E-state index in [0.717, 1.165) is 18.8 Å². The summed E-state index contributed by atoms with van der Waals surface area (Å²) in [6.07, 6.45) is 0. The van der Waals surface area contributed by atoms with E-state index in [9.17, 15) is 10.1 Å². The fourth-order valence-corrected chi connectivity index (χ4v) is 3.70. The Morgan fingerprint density at radius 1 is 1.21 bits per heavy atom. The second-order valence-corrected chi connectivity index (χ2v) is 7.68. The molecule has 1 fully saturated rings. The molecule has 8 heteroatoms. The summed E-state index contributed by atoms with van der Waals surface area (Å²) in [4.78, 5) is 13.3. The van der Waals surface area contributed by atoms with E-state index in [1.54, 1.807) is 30.3 Å². The van der Waals surface area contributed by atoms with Crippen molar-refractivity contribution in [1.29, 1.82) is 0 Å². The molecule has 0 unspecified atom stereocenters. The van der Waals surface area contributed by atoms with Crippen LogP contribution in [0.4, 0.5) is 17.1 Å². The van der Waals surface area contributed by atoms with Crippen LogP contribution in [-0.4, -0.2) is 43.2 Å². The van der Waals surface area contributed by atoms with Crippen molar-refractivity contribution in [2.24, 2.45) is 0 Å². The summed E-state index contributed by atoms with van der Waals surface area (Å²) in [7, 11) is 0. The van der Waals surface area contributed by atoms with Gasteiger partial charge in [0.25, 0.3) is 5.69 Å². The number of hydrogen-bond acceptors (Lipinski definition) is 5. The smallest absolute Gasteiger partial charge is 0.292 e. The van der Waals surface area contributed by atoms with Gasteiger partial charge < -0.3 is 20.3 Å². The van der Waals surface area contributed by atoms with Gasteiger partial charge in [-0.25, -0.2) is 0 Å². The van der Waals surface area contributed by atoms with Gasteiger partial charge in [0.2, 0.25) is 0 Å². The van der Waals surface area contributed by atoms with Gasteiger partial charge in [-0.05, 0) is 50.2 Å². The second kappa shape index (κ2) is 9.12. The number of hydrogen-bond donors (Lipinski definition) is 2. The summed E-state index contributed by atoms with van der Waals surface area (Å²) in [6.45, 7) is 7.06. The first-order chi connectivity index (χ1) is 13.4. The summed E-state index contributed by atoms with van der Waals surface area (Å²) in [6, 6.07) is 13.4. The first-order valence-corrected chi connectivity index (χ1v) is 9.81. The molecule has 2 aromatic carbocycles. The van der Waals surface area contributed by atoms with Crippen molar-refractivity contribution in [1.82, 2.24) is 0 Å². The number of benzene rings is 2. The van der Waals surface area contributed by atoms with E-state index in [1.807, 2.05) is 12.1 Å². The monoisotopic (exact) mass is 405 g/mol. The molecular formula is C20H26ClN4O3+. The molecule has 1 aliphatic rings. The number of halogens is 1. The molecule has 2 atom stereocenters. The van der Waals surface area contributed by atoms with E-state index in [-0.39, 0.29) is 10.6 Å². The van der Waals surface area contributed by atoms with Crippen LogP contribution in [0.25, 0.3) is 0 Å². The maximum Gasteiger partial charge on any atom is 0.292 e. The van der Waals surface area contributed by atoms with Crippen LogP contribution in [0.2, 0.25) is 5.02 Å². The highest BCUT2D eigenvalue weighted by Crippen LogP contribution is 2.30. The number of rotatable bonds is 7. The van der Waals surface area contributed by atoms with Crippen LogP contribution < -0.4 is 20.3 Å². The average Bonchev–Trinajstić information content (AvgIpc) is 2.65. The molecule has 0 radical (unpaired) electrons. The molecule has 0 bridgehead atoms. The van der Waals surface area contributed by atoms with Crippen molar-refractivity contribution in [2.75, 3.05) is 36.5 Å². The highest BCUT2D eigenvalue weighted by atomic mass is 35.5. The molecule has 0 aliphatic carbocycles. The lowest BCUT2D eigenvalue weighted by Gasteiger charge is -2.35. The van der Waals surface area contributed by atoms with Gasteiger partial charge in [0.05, 0.1) is 18.0 Å². The molecule has 1 saturated heterocycles. The second-order valence-electron chi connectivity index (χ2n) is 7.24. The molecule has 0 saturated carbocycles.